The number of hydrogen-bond acceptors (Lipinski definition) is 3. The number of ether oxygens (including phenoxy) is 1. The fraction of sp³-hybridized carbons (Fsp3) is 0.579. The number of amides is 2. The van der Waals surface area contributed by atoms with Gasteiger partial charge in [-0.05, 0) is 80.5 Å². The summed E-state index contributed by atoms with van der Waals surface area (Å²) in [7, 11) is 0. The Morgan fingerprint density at radius 3 is 2.04 bits per heavy atom. The SMILES string of the molecule is O=C(Nc1ccc(OC(F)(F)C(=O)O)cc1)NC12CC3CC(CC(C3)C1)C2. The Balaban J connectivity index is 1.35. The predicted octanol–water partition coefficient (Wildman–Crippen LogP) is 3.83. The van der Waals surface area contributed by atoms with E-state index in [0.29, 0.717) is 23.4 Å². The summed E-state index contributed by atoms with van der Waals surface area (Å²) in [5.74, 6) is -0.522. The number of aliphatic carboxylic acids is 1. The molecule has 8 heteroatoms. The maximum Gasteiger partial charge on any atom is 0.501 e. The lowest BCUT2D eigenvalue weighted by Gasteiger charge is -2.56. The molecule has 4 bridgehead atoms. The van der Waals surface area contributed by atoms with Crippen molar-refractivity contribution in [3.05, 3.63) is 24.3 Å². The topological polar surface area (TPSA) is 87.7 Å². The Bertz CT molecular complexity index is 715. The van der Waals surface area contributed by atoms with Crippen molar-refractivity contribution in [3.8, 4) is 5.75 Å². The van der Waals surface area contributed by atoms with E-state index in [1.165, 1.54) is 43.5 Å². The fourth-order valence-electron chi connectivity index (χ4n) is 5.46. The highest BCUT2D eigenvalue weighted by Crippen LogP contribution is 2.55. The molecule has 0 heterocycles. The molecule has 1 aromatic rings. The van der Waals surface area contributed by atoms with Crippen molar-refractivity contribution < 1.29 is 28.2 Å². The monoisotopic (exact) mass is 380 g/mol. The molecule has 27 heavy (non-hydrogen) atoms. The zero-order valence-corrected chi connectivity index (χ0v) is 14.7. The molecular weight excluding hydrogens is 358 g/mol. The second-order valence-corrected chi connectivity index (χ2v) is 8.23. The molecule has 2 amide bonds. The summed E-state index contributed by atoms with van der Waals surface area (Å²) in [6.45, 7) is 0. The number of halogens is 2. The summed E-state index contributed by atoms with van der Waals surface area (Å²) in [6, 6.07) is 4.87. The van der Waals surface area contributed by atoms with Crippen LogP contribution in [0.3, 0.4) is 0 Å². The van der Waals surface area contributed by atoms with E-state index in [9.17, 15) is 18.4 Å². The van der Waals surface area contributed by atoms with Crippen molar-refractivity contribution in [1.82, 2.24) is 5.32 Å². The standard InChI is InChI=1S/C19H22F2N2O4/c20-19(21,16(24)25)27-15-3-1-14(2-4-15)22-17(26)23-18-8-11-5-12(9-18)7-13(6-11)10-18/h1-4,11-13H,5-10H2,(H,24,25)(H2,22,23,26). The van der Waals surface area contributed by atoms with Gasteiger partial charge in [0.25, 0.3) is 0 Å². The van der Waals surface area contributed by atoms with Crippen LogP contribution < -0.4 is 15.4 Å². The van der Waals surface area contributed by atoms with Crippen molar-refractivity contribution in [1.29, 1.82) is 0 Å². The third kappa shape index (κ3) is 3.70. The lowest BCUT2D eigenvalue weighted by Crippen LogP contribution is -2.60. The minimum atomic E-state index is -4.30. The minimum Gasteiger partial charge on any atom is -0.474 e. The zero-order chi connectivity index (χ0) is 19.2. The van der Waals surface area contributed by atoms with Crippen molar-refractivity contribution in [2.45, 2.75) is 50.2 Å². The van der Waals surface area contributed by atoms with Gasteiger partial charge in [-0.1, -0.05) is 0 Å². The van der Waals surface area contributed by atoms with Gasteiger partial charge < -0.3 is 20.5 Å². The number of carboxylic acids is 1. The largest absolute Gasteiger partial charge is 0.501 e. The Morgan fingerprint density at radius 2 is 1.56 bits per heavy atom. The number of hydrogen-bond donors (Lipinski definition) is 3. The van der Waals surface area contributed by atoms with Gasteiger partial charge in [-0.25, -0.2) is 9.59 Å². The number of rotatable bonds is 5. The highest BCUT2D eigenvalue weighted by molar-refractivity contribution is 5.89. The van der Waals surface area contributed by atoms with Crippen LogP contribution in [0.1, 0.15) is 38.5 Å². The number of carbonyl (C=O) groups excluding carboxylic acids is 1. The molecule has 0 aliphatic heterocycles. The van der Waals surface area contributed by atoms with Crippen LogP contribution in [0.4, 0.5) is 19.3 Å². The van der Waals surface area contributed by atoms with Gasteiger partial charge in [0.2, 0.25) is 0 Å². The van der Waals surface area contributed by atoms with Crippen molar-refractivity contribution in [2.75, 3.05) is 5.32 Å². The van der Waals surface area contributed by atoms with Crippen molar-refractivity contribution in [3.63, 3.8) is 0 Å². The fourth-order valence-corrected chi connectivity index (χ4v) is 5.46. The molecule has 0 atom stereocenters. The number of nitrogens with one attached hydrogen (secondary N) is 2. The van der Waals surface area contributed by atoms with E-state index < -0.39 is 12.1 Å². The van der Waals surface area contributed by atoms with Crippen LogP contribution in [-0.2, 0) is 4.79 Å². The molecule has 5 rings (SSSR count). The average molecular weight is 380 g/mol. The molecule has 0 saturated heterocycles. The second kappa shape index (κ2) is 6.35. The Hall–Kier alpha value is -2.38. The first kappa shape index (κ1) is 18.0. The number of carboxylic acid groups (broad SMARTS) is 1. The van der Waals surface area contributed by atoms with E-state index in [-0.39, 0.29) is 17.3 Å². The minimum absolute atomic E-state index is 0.120. The van der Waals surface area contributed by atoms with E-state index in [1.807, 2.05) is 0 Å². The highest BCUT2D eigenvalue weighted by Gasteiger charge is 2.51. The Labute approximate surface area is 155 Å². The van der Waals surface area contributed by atoms with Gasteiger partial charge in [-0.15, -0.1) is 0 Å². The zero-order valence-electron chi connectivity index (χ0n) is 14.7. The average Bonchev–Trinajstić information content (AvgIpc) is 2.54. The lowest BCUT2D eigenvalue weighted by atomic mass is 9.53. The maximum atomic E-state index is 13.1. The molecule has 146 valence electrons. The van der Waals surface area contributed by atoms with E-state index in [4.69, 9.17) is 5.11 Å². The van der Waals surface area contributed by atoms with Crippen LogP contribution >= 0.6 is 0 Å². The lowest BCUT2D eigenvalue weighted by molar-refractivity contribution is -0.210. The quantitative estimate of drug-likeness (QED) is 0.724. The van der Waals surface area contributed by atoms with Gasteiger partial charge in [-0.3, -0.25) is 0 Å². The van der Waals surface area contributed by atoms with E-state index in [0.717, 1.165) is 19.3 Å². The smallest absolute Gasteiger partial charge is 0.474 e. The van der Waals surface area contributed by atoms with Gasteiger partial charge in [0.1, 0.15) is 5.75 Å². The first-order valence-corrected chi connectivity index (χ1v) is 9.22. The molecular formula is C19H22F2N2O4. The van der Waals surface area contributed by atoms with Crippen LogP contribution in [-0.4, -0.2) is 28.8 Å². The van der Waals surface area contributed by atoms with Gasteiger partial charge in [-0.2, -0.15) is 8.78 Å². The number of anilines is 1. The van der Waals surface area contributed by atoms with Crippen molar-refractivity contribution >= 4 is 17.7 Å². The van der Waals surface area contributed by atoms with Gasteiger partial charge in [0.15, 0.2) is 0 Å². The van der Waals surface area contributed by atoms with Crippen LogP contribution in [0.25, 0.3) is 0 Å². The molecule has 3 N–H and O–H groups in total. The number of benzene rings is 1. The maximum absolute atomic E-state index is 13.1. The highest BCUT2D eigenvalue weighted by atomic mass is 19.3. The first-order valence-electron chi connectivity index (χ1n) is 9.22. The predicted molar refractivity (Wildman–Crippen MR) is 92.7 cm³/mol. The second-order valence-electron chi connectivity index (χ2n) is 8.23. The third-order valence-corrected chi connectivity index (χ3v) is 6.02. The molecule has 0 aromatic heterocycles. The van der Waals surface area contributed by atoms with Crippen LogP contribution in [0.2, 0.25) is 0 Å². The molecule has 0 spiro atoms. The van der Waals surface area contributed by atoms with Gasteiger partial charge >= 0.3 is 18.1 Å². The summed E-state index contributed by atoms with van der Waals surface area (Å²) in [6.07, 6.45) is 2.64. The Kier molecular flexibility index (Phi) is 4.24. The molecule has 1 aromatic carbocycles. The van der Waals surface area contributed by atoms with E-state index in [2.05, 4.69) is 15.4 Å². The summed E-state index contributed by atoms with van der Waals surface area (Å²) in [5, 5.41) is 14.3. The number of alkyl halides is 2. The van der Waals surface area contributed by atoms with Crippen LogP contribution in [0.15, 0.2) is 24.3 Å². The summed E-state index contributed by atoms with van der Waals surface area (Å²) in [5.41, 5.74) is 0.300. The Morgan fingerprint density at radius 1 is 1.04 bits per heavy atom. The third-order valence-electron chi connectivity index (χ3n) is 6.02. The summed E-state index contributed by atoms with van der Waals surface area (Å²) < 4.78 is 30.3. The molecule has 0 unspecified atom stereocenters. The summed E-state index contributed by atoms with van der Waals surface area (Å²) in [4.78, 5) is 22.8. The first-order chi connectivity index (χ1) is 12.7. The molecule has 6 nitrogen and oxygen atoms in total. The van der Waals surface area contributed by atoms with E-state index >= 15 is 0 Å². The number of urea groups is 1. The summed E-state index contributed by atoms with van der Waals surface area (Å²) >= 11 is 0. The molecule has 4 aliphatic carbocycles. The number of carbonyl (C=O) groups is 2. The molecule has 4 fully saturated rings. The molecule has 0 radical (unpaired) electrons. The molecule has 4 saturated carbocycles. The van der Waals surface area contributed by atoms with Gasteiger partial charge in [0.05, 0.1) is 0 Å². The van der Waals surface area contributed by atoms with Crippen LogP contribution in [0.5, 0.6) is 5.75 Å². The molecule has 4 aliphatic rings. The van der Waals surface area contributed by atoms with E-state index in [1.54, 1.807) is 0 Å². The van der Waals surface area contributed by atoms with Crippen LogP contribution in [0, 0.1) is 17.8 Å². The van der Waals surface area contributed by atoms with Gasteiger partial charge in [0, 0.05) is 11.2 Å². The normalized spacial score (nSPS) is 31.4. The van der Waals surface area contributed by atoms with Crippen molar-refractivity contribution in [2.24, 2.45) is 17.8 Å².